The minimum Gasteiger partial charge on any atom is -0.338 e. The standard InChI is InChI=1S/C16H23N3OS/c1-12-11-21-14(17-12)10-18-8-2-6-16(18)7-3-9-19(15(16)20)13-4-5-13/h11,13H,2-10H2,1H3. The first-order valence-electron chi connectivity index (χ1n) is 8.16. The van der Waals surface area contributed by atoms with E-state index >= 15 is 0 Å². The number of aromatic nitrogens is 1. The number of hydrogen-bond donors (Lipinski definition) is 0. The molecule has 1 atom stereocenters. The molecule has 2 saturated heterocycles. The zero-order valence-corrected chi connectivity index (χ0v) is 13.5. The van der Waals surface area contributed by atoms with Gasteiger partial charge in [0.15, 0.2) is 0 Å². The van der Waals surface area contributed by atoms with Gasteiger partial charge in [0.2, 0.25) is 5.91 Å². The quantitative estimate of drug-likeness (QED) is 0.861. The molecule has 0 N–H and O–H groups in total. The third-order valence-electron chi connectivity index (χ3n) is 5.25. The molecule has 0 aromatic carbocycles. The van der Waals surface area contributed by atoms with Crippen LogP contribution >= 0.6 is 11.3 Å². The normalized spacial score (nSPS) is 30.5. The maximum absolute atomic E-state index is 13.1. The SMILES string of the molecule is Cc1csc(CN2CCCC23CCCN(C2CC2)C3=O)n1. The first-order valence-corrected chi connectivity index (χ1v) is 9.04. The minimum atomic E-state index is -0.208. The Morgan fingerprint density at radius 1 is 1.33 bits per heavy atom. The number of rotatable bonds is 3. The molecule has 1 aromatic rings. The number of carbonyl (C=O) groups is 1. The summed E-state index contributed by atoms with van der Waals surface area (Å²) in [5.74, 6) is 0.419. The molecule has 0 bridgehead atoms. The Labute approximate surface area is 130 Å². The Balaban J connectivity index is 1.57. The molecule has 4 rings (SSSR count). The fraction of sp³-hybridized carbons (Fsp3) is 0.750. The van der Waals surface area contributed by atoms with E-state index in [1.165, 1.54) is 12.8 Å². The predicted octanol–water partition coefficient (Wildman–Crippen LogP) is 2.57. The minimum absolute atomic E-state index is 0.208. The summed E-state index contributed by atoms with van der Waals surface area (Å²) in [6.45, 7) is 4.92. The summed E-state index contributed by atoms with van der Waals surface area (Å²) in [7, 11) is 0. The van der Waals surface area contributed by atoms with E-state index in [1.807, 2.05) is 6.92 Å². The van der Waals surface area contributed by atoms with E-state index in [0.29, 0.717) is 11.9 Å². The van der Waals surface area contributed by atoms with Gasteiger partial charge in [0.25, 0.3) is 0 Å². The molecular formula is C16H23N3OS. The highest BCUT2D eigenvalue weighted by molar-refractivity contribution is 7.09. The van der Waals surface area contributed by atoms with Crippen LogP contribution in [0.4, 0.5) is 0 Å². The van der Waals surface area contributed by atoms with Crippen LogP contribution < -0.4 is 0 Å². The van der Waals surface area contributed by atoms with Gasteiger partial charge in [-0.25, -0.2) is 4.98 Å². The molecule has 2 aliphatic heterocycles. The molecular weight excluding hydrogens is 282 g/mol. The van der Waals surface area contributed by atoms with E-state index in [9.17, 15) is 4.79 Å². The first kappa shape index (κ1) is 13.7. The van der Waals surface area contributed by atoms with Crippen LogP contribution in [0.2, 0.25) is 0 Å². The second-order valence-electron chi connectivity index (χ2n) is 6.77. The molecule has 4 nitrogen and oxygen atoms in total. The summed E-state index contributed by atoms with van der Waals surface area (Å²) in [6, 6.07) is 0.555. The van der Waals surface area contributed by atoms with Gasteiger partial charge in [-0.3, -0.25) is 9.69 Å². The lowest BCUT2D eigenvalue weighted by atomic mass is 9.85. The van der Waals surface area contributed by atoms with E-state index in [4.69, 9.17) is 0 Å². The zero-order chi connectivity index (χ0) is 14.4. The van der Waals surface area contributed by atoms with Gasteiger partial charge in [-0.2, -0.15) is 0 Å². The smallest absolute Gasteiger partial charge is 0.243 e. The van der Waals surface area contributed by atoms with Gasteiger partial charge in [-0.05, 0) is 52.0 Å². The van der Waals surface area contributed by atoms with Crippen LogP contribution in [0.15, 0.2) is 5.38 Å². The predicted molar refractivity (Wildman–Crippen MR) is 83.2 cm³/mol. The lowest BCUT2D eigenvalue weighted by molar-refractivity contribution is -0.148. The molecule has 5 heteroatoms. The van der Waals surface area contributed by atoms with Crippen molar-refractivity contribution in [1.29, 1.82) is 0 Å². The number of aryl methyl sites for hydroxylation is 1. The number of piperidine rings is 1. The second-order valence-corrected chi connectivity index (χ2v) is 7.72. The molecule has 1 amide bonds. The summed E-state index contributed by atoms with van der Waals surface area (Å²) in [5.41, 5.74) is 0.887. The van der Waals surface area contributed by atoms with Gasteiger partial charge in [-0.15, -0.1) is 11.3 Å². The summed E-state index contributed by atoms with van der Waals surface area (Å²) in [5, 5.41) is 3.27. The van der Waals surface area contributed by atoms with Crippen LogP contribution in [0, 0.1) is 6.92 Å². The van der Waals surface area contributed by atoms with E-state index in [0.717, 1.165) is 56.0 Å². The van der Waals surface area contributed by atoms with Crippen LogP contribution in [-0.4, -0.2) is 45.4 Å². The highest BCUT2D eigenvalue weighted by atomic mass is 32.1. The van der Waals surface area contributed by atoms with Crippen molar-refractivity contribution in [2.24, 2.45) is 0 Å². The van der Waals surface area contributed by atoms with E-state index < -0.39 is 0 Å². The van der Waals surface area contributed by atoms with Crippen molar-refractivity contribution in [1.82, 2.24) is 14.8 Å². The third-order valence-corrected chi connectivity index (χ3v) is 6.20. The average molecular weight is 305 g/mol. The Morgan fingerprint density at radius 2 is 2.10 bits per heavy atom. The van der Waals surface area contributed by atoms with E-state index in [2.05, 4.69) is 20.2 Å². The Kier molecular flexibility index (Phi) is 3.30. The van der Waals surface area contributed by atoms with Crippen molar-refractivity contribution in [3.05, 3.63) is 16.1 Å². The maximum Gasteiger partial charge on any atom is 0.243 e. The molecule has 1 saturated carbocycles. The van der Waals surface area contributed by atoms with Crippen molar-refractivity contribution in [3.8, 4) is 0 Å². The number of hydrogen-bond acceptors (Lipinski definition) is 4. The number of thiazole rings is 1. The molecule has 1 spiro atoms. The van der Waals surface area contributed by atoms with Gasteiger partial charge in [0.1, 0.15) is 10.5 Å². The molecule has 114 valence electrons. The Hall–Kier alpha value is -0.940. The lowest BCUT2D eigenvalue weighted by Crippen LogP contribution is -2.60. The summed E-state index contributed by atoms with van der Waals surface area (Å²) < 4.78 is 0. The fourth-order valence-corrected chi connectivity index (χ4v) is 4.87. The molecule has 21 heavy (non-hydrogen) atoms. The highest BCUT2D eigenvalue weighted by Crippen LogP contribution is 2.42. The maximum atomic E-state index is 13.1. The van der Waals surface area contributed by atoms with Gasteiger partial charge < -0.3 is 4.90 Å². The van der Waals surface area contributed by atoms with Crippen molar-refractivity contribution < 1.29 is 4.79 Å². The van der Waals surface area contributed by atoms with Gasteiger partial charge in [-0.1, -0.05) is 0 Å². The molecule has 3 fully saturated rings. The molecule has 1 aromatic heterocycles. The van der Waals surface area contributed by atoms with Gasteiger partial charge in [0, 0.05) is 23.7 Å². The van der Waals surface area contributed by atoms with Crippen molar-refractivity contribution >= 4 is 17.2 Å². The summed E-state index contributed by atoms with van der Waals surface area (Å²) >= 11 is 1.73. The highest BCUT2D eigenvalue weighted by Gasteiger charge is 2.53. The van der Waals surface area contributed by atoms with Gasteiger partial charge >= 0.3 is 0 Å². The van der Waals surface area contributed by atoms with Crippen molar-refractivity contribution in [2.45, 2.75) is 63.6 Å². The number of amides is 1. The molecule has 0 radical (unpaired) electrons. The number of nitrogens with zero attached hydrogens (tertiary/aromatic N) is 3. The van der Waals surface area contributed by atoms with Crippen molar-refractivity contribution in [3.63, 3.8) is 0 Å². The van der Waals surface area contributed by atoms with Crippen LogP contribution in [0.1, 0.15) is 49.2 Å². The molecule has 1 unspecified atom stereocenters. The fourth-order valence-electron chi connectivity index (χ4n) is 4.08. The van der Waals surface area contributed by atoms with Crippen LogP contribution in [-0.2, 0) is 11.3 Å². The van der Waals surface area contributed by atoms with Crippen LogP contribution in [0.3, 0.4) is 0 Å². The van der Waals surface area contributed by atoms with E-state index in [1.54, 1.807) is 11.3 Å². The summed E-state index contributed by atoms with van der Waals surface area (Å²) in [4.78, 5) is 22.3. The Morgan fingerprint density at radius 3 is 2.76 bits per heavy atom. The monoisotopic (exact) mass is 305 g/mol. The first-order chi connectivity index (χ1) is 10.2. The second kappa shape index (κ2) is 5.06. The van der Waals surface area contributed by atoms with Gasteiger partial charge in [0.05, 0.1) is 6.54 Å². The number of likely N-dealkylation sites (tertiary alicyclic amines) is 2. The largest absolute Gasteiger partial charge is 0.338 e. The molecule has 3 aliphatic rings. The lowest BCUT2D eigenvalue weighted by Gasteiger charge is -2.44. The van der Waals surface area contributed by atoms with Crippen LogP contribution in [0.5, 0.6) is 0 Å². The molecule has 3 heterocycles. The summed E-state index contributed by atoms with van der Waals surface area (Å²) in [6.07, 6.45) is 6.82. The average Bonchev–Trinajstić information content (AvgIpc) is 3.12. The van der Waals surface area contributed by atoms with Crippen LogP contribution in [0.25, 0.3) is 0 Å². The Bertz CT molecular complexity index is 553. The van der Waals surface area contributed by atoms with Crippen molar-refractivity contribution in [2.75, 3.05) is 13.1 Å². The zero-order valence-electron chi connectivity index (χ0n) is 12.7. The third kappa shape index (κ3) is 2.30. The molecule has 1 aliphatic carbocycles. The van der Waals surface area contributed by atoms with E-state index in [-0.39, 0.29) is 5.54 Å². The number of carbonyl (C=O) groups excluding carboxylic acids is 1. The topological polar surface area (TPSA) is 36.4 Å².